The summed E-state index contributed by atoms with van der Waals surface area (Å²) in [6, 6.07) is 11.2. The van der Waals surface area contributed by atoms with Crippen LogP contribution in [0.4, 0.5) is 0 Å². The van der Waals surface area contributed by atoms with E-state index in [9.17, 15) is 0 Å². The summed E-state index contributed by atoms with van der Waals surface area (Å²) >= 11 is 0. The van der Waals surface area contributed by atoms with Crippen molar-refractivity contribution in [1.82, 2.24) is 20.2 Å². The smallest absolute Gasteiger partial charge is 0.210 e. The SMILES string of the molecule is CCC(C)(C)n1nnnc1[C@@H](C(C)C)[NH+]1CC[NH+](Cc2ccccc2)CC1. The van der Waals surface area contributed by atoms with E-state index in [2.05, 4.69) is 85.2 Å². The van der Waals surface area contributed by atoms with Gasteiger partial charge in [-0.1, -0.05) is 51.1 Å². The second-order valence-electron chi connectivity index (χ2n) is 8.91. The van der Waals surface area contributed by atoms with Gasteiger partial charge in [0.05, 0.1) is 5.54 Å². The van der Waals surface area contributed by atoms with Crippen molar-refractivity contribution in [2.45, 2.75) is 59.2 Å². The van der Waals surface area contributed by atoms with Crippen molar-refractivity contribution >= 4 is 0 Å². The van der Waals surface area contributed by atoms with Crippen LogP contribution in [0, 0.1) is 5.92 Å². The van der Waals surface area contributed by atoms with Crippen molar-refractivity contribution < 1.29 is 9.80 Å². The molecule has 2 aromatic rings. The highest BCUT2D eigenvalue weighted by atomic mass is 15.6. The van der Waals surface area contributed by atoms with Crippen LogP contribution in [0.25, 0.3) is 0 Å². The Labute approximate surface area is 163 Å². The van der Waals surface area contributed by atoms with Gasteiger partial charge in [-0.05, 0) is 30.7 Å². The van der Waals surface area contributed by atoms with Crippen LogP contribution in [0.3, 0.4) is 0 Å². The van der Waals surface area contributed by atoms with Crippen molar-refractivity contribution in [3.05, 3.63) is 41.7 Å². The van der Waals surface area contributed by atoms with E-state index in [1.807, 2.05) is 0 Å². The minimum atomic E-state index is -0.0498. The third kappa shape index (κ3) is 4.55. The highest BCUT2D eigenvalue weighted by Crippen LogP contribution is 2.24. The summed E-state index contributed by atoms with van der Waals surface area (Å²) in [5, 5.41) is 12.9. The molecule has 0 bridgehead atoms. The molecule has 0 amide bonds. The van der Waals surface area contributed by atoms with E-state index in [1.165, 1.54) is 31.7 Å². The van der Waals surface area contributed by atoms with Crippen molar-refractivity contribution in [3.8, 4) is 0 Å². The van der Waals surface area contributed by atoms with Gasteiger partial charge in [0.2, 0.25) is 5.82 Å². The number of hydrogen-bond acceptors (Lipinski definition) is 3. The van der Waals surface area contributed by atoms with Crippen LogP contribution in [-0.4, -0.2) is 46.4 Å². The molecular weight excluding hydrogens is 336 g/mol. The topological polar surface area (TPSA) is 52.5 Å². The van der Waals surface area contributed by atoms with Gasteiger partial charge >= 0.3 is 0 Å². The van der Waals surface area contributed by atoms with E-state index < -0.39 is 0 Å². The van der Waals surface area contributed by atoms with Crippen LogP contribution in [0.2, 0.25) is 0 Å². The summed E-state index contributed by atoms with van der Waals surface area (Å²) in [5.41, 5.74) is 1.39. The highest BCUT2D eigenvalue weighted by Gasteiger charge is 2.38. The quantitative estimate of drug-likeness (QED) is 0.744. The first-order valence-corrected chi connectivity index (χ1v) is 10.4. The van der Waals surface area contributed by atoms with E-state index in [4.69, 9.17) is 0 Å². The van der Waals surface area contributed by atoms with Gasteiger partial charge in [-0.15, -0.1) is 5.10 Å². The van der Waals surface area contributed by atoms with E-state index in [0.717, 1.165) is 18.8 Å². The maximum atomic E-state index is 4.49. The molecule has 0 radical (unpaired) electrons. The molecule has 0 saturated carbocycles. The molecule has 0 spiro atoms. The first kappa shape index (κ1) is 20.0. The zero-order chi connectivity index (χ0) is 19.4. The number of piperazine rings is 1. The lowest BCUT2D eigenvalue weighted by molar-refractivity contribution is -1.03. The maximum absolute atomic E-state index is 4.49. The Kier molecular flexibility index (Phi) is 6.27. The zero-order valence-corrected chi connectivity index (χ0v) is 17.6. The van der Waals surface area contributed by atoms with Crippen molar-refractivity contribution in [2.75, 3.05) is 26.2 Å². The van der Waals surface area contributed by atoms with Crippen molar-refractivity contribution in [1.29, 1.82) is 0 Å². The molecule has 6 nitrogen and oxygen atoms in total. The van der Waals surface area contributed by atoms with Crippen LogP contribution in [-0.2, 0) is 12.1 Å². The summed E-state index contributed by atoms with van der Waals surface area (Å²) < 4.78 is 2.08. The molecule has 1 fully saturated rings. The molecule has 1 saturated heterocycles. The number of aromatic nitrogens is 4. The number of tetrazole rings is 1. The predicted octanol–water partition coefficient (Wildman–Crippen LogP) is 0.499. The highest BCUT2D eigenvalue weighted by molar-refractivity contribution is 5.13. The molecule has 6 heteroatoms. The Hall–Kier alpha value is -1.79. The minimum absolute atomic E-state index is 0.0498. The number of nitrogens with zero attached hydrogens (tertiary/aromatic N) is 4. The fraction of sp³-hybridized carbons (Fsp3) is 0.667. The maximum Gasteiger partial charge on any atom is 0.210 e. The van der Waals surface area contributed by atoms with Crippen LogP contribution in [0.5, 0.6) is 0 Å². The molecule has 2 heterocycles. The summed E-state index contributed by atoms with van der Waals surface area (Å²) in [7, 11) is 0. The lowest BCUT2D eigenvalue weighted by Gasteiger charge is -2.36. The Balaban J connectivity index is 1.70. The molecule has 3 rings (SSSR count). The first-order valence-electron chi connectivity index (χ1n) is 10.4. The predicted molar refractivity (Wildman–Crippen MR) is 107 cm³/mol. The van der Waals surface area contributed by atoms with Gasteiger partial charge in [0.15, 0.2) is 6.04 Å². The summed E-state index contributed by atoms with van der Waals surface area (Å²) in [4.78, 5) is 3.31. The van der Waals surface area contributed by atoms with Gasteiger partial charge in [-0.2, -0.15) is 0 Å². The fourth-order valence-electron chi connectivity index (χ4n) is 4.22. The van der Waals surface area contributed by atoms with Crippen LogP contribution in [0.15, 0.2) is 30.3 Å². The van der Waals surface area contributed by atoms with Crippen LogP contribution in [0.1, 0.15) is 58.5 Å². The van der Waals surface area contributed by atoms with Gasteiger partial charge in [0, 0.05) is 11.5 Å². The molecule has 1 aromatic heterocycles. The lowest BCUT2D eigenvalue weighted by Crippen LogP contribution is -3.27. The zero-order valence-electron chi connectivity index (χ0n) is 17.6. The van der Waals surface area contributed by atoms with Gasteiger partial charge < -0.3 is 9.80 Å². The number of quaternary nitrogens is 2. The van der Waals surface area contributed by atoms with Crippen molar-refractivity contribution in [3.63, 3.8) is 0 Å². The second kappa shape index (κ2) is 8.48. The monoisotopic (exact) mass is 372 g/mol. The molecule has 27 heavy (non-hydrogen) atoms. The molecular formula is C21H36N6+2. The molecule has 1 aromatic carbocycles. The Morgan fingerprint density at radius 2 is 1.74 bits per heavy atom. The average molecular weight is 373 g/mol. The summed E-state index contributed by atoms with van der Waals surface area (Å²) in [6.45, 7) is 17.1. The van der Waals surface area contributed by atoms with E-state index in [0.29, 0.717) is 12.0 Å². The Bertz CT molecular complexity index is 700. The van der Waals surface area contributed by atoms with E-state index >= 15 is 0 Å². The Morgan fingerprint density at radius 1 is 1.07 bits per heavy atom. The normalized spacial score (nSPS) is 22.1. The molecule has 148 valence electrons. The largest absolute Gasteiger partial charge is 0.322 e. The van der Waals surface area contributed by atoms with Gasteiger partial charge in [-0.3, -0.25) is 0 Å². The van der Waals surface area contributed by atoms with Crippen LogP contribution < -0.4 is 9.80 Å². The number of nitrogens with one attached hydrogen (secondary N) is 2. The number of hydrogen-bond donors (Lipinski definition) is 2. The first-order chi connectivity index (χ1) is 12.9. The van der Waals surface area contributed by atoms with Gasteiger partial charge in [0.1, 0.15) is 32.7 Å². The Morgan fingerprint density at radius 3 is 2.33 bits per heavy atom. The molecule has 0 aliphatic carbocycles. The van der Waals surface area contributed by atoms with Gasteiger partial charge in [0.25, 0.3) is 0 Å². The lowest BCUT2D eigenvalue weighted by atomic mass is 9.97. The molecule has 0 unspecified atom stereocenters. The van der Waals surface area contributed by atoms with Crippen molar-refractivity contribution in [2.24, 2.45) is 5.92 Å². The number of rotatable bonds is 7. The van der Waals surface area contributed by atoms with Gasteiger partial charge in [-0.25, -0.2) is 4.68 Å². The van der Waals surface area contributed by atoms with Crippen LogP contribution >= 0.6 is 0 Å². The summed E-state index contributed by atoms with van der Waals surface area (Å²) in [6.07, 6.45) is 1.01. The third-order valence-corrected chi connectivity index (χ3v) is 6.21. The summed E-state index contributed by atoms with van der Waals surface area (Å²) in [5.74, 6) is 1.56. The fourth-order valence-corrected chi connectivity index (χ4v) is 4.22. The molecule has 1 atom stereocenters. The average Bonchev–Trinajstić information content (AvgIpc) is 3.14. The van der Waals surface area contributed by atoms with E-state index in [-0.39, 0.29) is 5.54 Å². The second-order valence-corrected chi connectivity index (χ2v) is 8.91. The number of benzene rings is 1. The van der Waals surface area contributed by atoms with E-state index in [1.54, 1.807) is 9.80 Å². The molecule has 2 N–H and O–H groups in total. The third-order valence-electron chi connectivity index (χ3n) is 6.21. The molecule has 1 aliphatic heterocycles. The minimum Gasteiger partial charge on any atom is -0.322 e. The molecule has 1 aliphatic rings. The standard InChI is InChI=1S/C21H34N6/c1-6-21(4,5)27-20(22-23-24-27)19(17(2)3)26-14-12-25(13-15-26)16-18-10-8-7-9-11-18/h7-11,17,19H,6,12-16H2,1-5H3/p+2/t19-/m1/s1.